The summed E-state index contributed by atoms with van der Waals surface area (Å²) in [6.07, 6.45) is 7.12. The Morgan fingerprint density at radius 2 is 1.71 bits per heavy atom. The average Bonchev–Trinajstić information content (AvgIpc) is 3.26. The molecule has 8 heteroatoms. The number of hydrogen-bond donors (Lipinski definition) is 1. The van der Waals surface area contributed by atoms with Gasteiger partial charge < -0.3 is 19.9 Å². The highest BCUT2D eigenvalue weighted by molar-refractivity contribution is 8.01. The van der Waals surface area contributed by atoms with Crippen LogP contribution in [0.1, 0.15) is 69.6 Å². The van der Waals surface area contributed by atoms with Crippen molar-refractivity contribution in [2.24, 2.45) is 11.8 Å². The molecule has 7 nitrogen and oxygen atoms in total. The zero-order chi connectivity index (χ0) is 29.9. The van der Waals surface area contributed by atoms with E-state index in [0.717, 1.165) is 65.7 Å². The Morgan fingerprint density at radius 1 is 1.02 bits per heavy atom. The van der Waals surface area contributed by atoms with Crippen molar-refractivity contribution in [3.05, 3.63) is 59.9 Å². The SMILES string of the molecule is COc1ccccc1[C@@H]1SC(C)(C)[C@H](CNCC2CCC(CCc3nc(N(C)C)c4ccccc4n3)CC2)N1C(C)=O. The maximum absolute atomic E-state index is 12.9. The van der Waals surface area contributed by atoms with Crippen LogP contribution in [0.2, 0.25) is 0 Å². The van der Waals surface area contributed by atoms with Gasteiger partial charge in [0, 0.05) is 49.7 Å². The molecule has 0 spiro atoms. The second-order valence-electron chi connectivity index (χ2n) is 12.7. The van der Waals surface area contributed by atoms with E-state index in [2.05, 4.69) is 73.4 Å². The third-order valence-electron chi connectivity index (χ3n) is 9.14. The van der Waals surface area contributed by atoms with Gasteiger partial charge in [0.05, 0.1) is 18.7 Å². The average molecular weight is 590 g/mol. The predicted molar refractivity (Wildman–Crippen MR) is 174 cm³/mol. The Bertz CT molecular complexity index is 1370. The topological polar surface area (TPSA) is 70.6 Å². The molecule has 1 aliphatic heterocycles. The number of aromatic nitrogens is 2. The van der Waals surface area contributed by atoms with Gasteiger partial charge in [-0.3, -0.25) is 4.79 Å². The molecule has 0 radical (unpaired) electrons. The van der Waals surface area contributed by atoms with Crippen LogP contribution in [-0.2, 0) is 11.2 Å². The zero-order valence-corrected chi connectivity index (χ0v) is 26.9. The maximum atomic E-state index is 12.9. The first kappa shape index (κ1) is 30.6. The summed E-state index contributed by atoms with van der Waals surface area (Å²) in [5.41, 5.74) is 2.10. The molecule has 42 heavy (non-hydrogen) atoms. The molecule has 1 N–H and O–H groups in total. The second kappa shape index (κ2) is 13.2. The summed E-state index contributed by atoms with van der Waals surface area (Å²) in [6, 6.07) is 16.5. The van der Waals surface area contributed by atoms with Gasteiger partial charge in [0.25, 0.3) is 0 Å². The summed E-state index contributed by atoms with van der Waals surface area (Å²) in [6.45, 7) is 8.04. The third kappa shape index (κ3) is 6.70. The van der Waals surface area contributed by atoms with Crippen LogP contribution in [-0.4, -0.2) is 65.9 Å². The van der Waals surface area contributed by atoms with Gasteiger partial charge in [-0.15, -0.1) is 11.8 Å². The number of hydrogen-bond acceptors (Lipinski definition) is 7. The van der Waals surface area contributed by atoms with E-state index in [4.69, 9.17) is 14.7 Å². The lowest BCUT2D eigenvalue weighted by molar-refractivity contribution is -0.131. The van der Waals surface area contributed by atoms with Gasteiger partial charge in [-0.05, 0) is 69.7 Å². The highest BCUT2D eigenvalue weighted by Crippen LogP contribution is 2.53. The first-order chi connectivity index (χ1) is 20.2. The van der Waals surface area contributed by atoms with Crippen LogP contribution < -0.4 is 15.0 Å². The highest BCUT2D eigenvalue weighted by Gasteiger charge is 2.49. The number of fused-ring (bicyclic) bond motifs is 1. The van der Waals surface area contributed by atoms with Crippen LogP contribution in [0.15, 0.2) is 48.5 Å². The first-order valence-corrected chi connectivity index (χ1v) is 16.3. The fourth-order valence-electron chi connectivity index (χ4n) is 6.78. The summed E-state index contributed by atoms with van der Waals surface area (Å²) in [5, 5.41) is 4.85. The van der Waals surface area contributed by atoms with E-state index in [-0.39, 0.29) is 22.1 Å². The minimum Gasteiger partial charge on any atom is -0.496 e. The quantitative estimate of drug-likeness (QED) is 0.290. The van der Waals surface area contributed by atoms with E-state index >= 15 is 0 Å². The number of carbonyl (C=O) groups is 1. The molecule has 0 bridgehead atoms. The van der Waals surface area contributed by atoms with E-state index in [1.54, 1.807) is 14.0 Å². The third-order valence-corrected chi connectivity index (χ3v) is 10.7. The van der Waals surface area contributed by atoms with E-state index in [1.807, 2.05) is 30.0 Å². The molecule has 226 valence electrons. The molecule has 2 aliphatic rings. The number of carbonyl (C=O) groups excluding carboxylic acids is 1. The van der Waals surface area contributed by atoms with Crippen LogP contribution in [0, 0.1) is 11.8 Å². The smallest absolute Gasteiger partial charge is 0.220 e. The Labute approximate surface area is 255 Å². The van der Waals surface area contributed by atoms with Crippen molar-refractivity contribution in [2.75, 3.05) is 39.2 Å². The molecule has 2 atom stereocenters. The fourth-order valence-corrected chi connectivity index (χ4v) is 8.44. The number of methoxy groups -OCH3 is 1. The number of nitrogens with zero attached hydrogens (tertiary/aromatic N) is 4. The van der Waals surface area contributed by atoms with E-state index in [1.165, 1.54) is 25.7 Å². The second-order valence-corrected chi connectivity index (χ2v) is 14.5. The summed E-state index contributed by atoms with van der Waals surface area (Å²) >= 11 is 1.86. The van der Waals surface area contributed by atoms with Crippen molar-refractivity contribution in [1.82, 2.24) is 20.2 Å². The number of amides is 1. The summed E-state index contributed by atoms with van der Waals surface area (Å²) < 4.78 is 5.59. The molecule has 2 aromatic carbocycles. The van der Waals surface area contributed by atoms with E-state index in [0.29, 0.717) is 5.92 Å². The van der Waals surface area contributed by atoms with Gasteiger partial charge in [0.15, 0.2) is 0 Å². The van der Waals surface area contributed by atoms with Crippen LogP contribution in [0.3, 0.4) is 0 Å². The van der Waals surface area contributed by atoms with Crippen molar-refractivity contribution in [2.45, 2.75) is 75.5 Å². The van der Waals surface area contributed by atoms with Crippen molar-refractivity contribution < 1.29 is 9.53 Å². The first-order valence-electron chi connectivity index (χ1n) is 15.4. The van der Waals surface area contributed by atoms with Crippen molar-refractivity contribution in [1.29, 1.82) is 0 Å². The largest absolute Gasteiger partial charge is 0.496 e. The van der Waals surface area contributed by atoms with Gasteiger partial charge in [-0.1, -0.05) is 43.2 Å². The number of para-hydroxylation sites is 2. The number of aryl methyl sites for hydroxylation is 1. The molecule has 1 saturated heterocycles. The molecule has 1 amide bonds. The van der Waals surface area contributed by atoms with E-state index in [9.17, 15) is 4.79 Å². The van der Waals surface area contributed by atoms with Gasteiger partial charge in [-0.25, -0.2) is 9.97 Å². The summed E-state index contributed by atoms with van der Waals surface area (Å²) in [7, 11) is 5.81. The zero-order valence-electron chi connectivity index (χ0n) is 26.1. The predicted octanol–water partition coefficient (Wildman–Crippen LogP) is 6.47. The molecular weight excluding hydrogens is 542 g/mol. The molecule has 2 fully saturated rings. The highest BCUT2D eigenvalue weighted by atomic mass is 32.2. The Balaban J connectivity index is 1.12. The monoisotopic (exact) mass is 589 g/mol. The minimum atomic E-state index is -0.0703. The fraction of sp³-hybridized carbons (Fsp3) is 0.559. The molecule has 0 unspecified atom stereocenters. The van der Waals surface area contributed by atoms with Gasteiger partial charge in [0.2, 0.25) is 5.91 Å². The molecule has 1 aromatic heterocycles. The molecule has 5 rings (SSSR count). The Morgan fingerprint density at radius 3 is 2.43 bits per heavy atom. The number of thioether (sulfide) groups is 1. The Hall–Kier alpha value is -2.84. The van der Waals surface area contributed by atoms with Gasteiger partial charge in [0.1, 0.15) is 22.8 Å². The number of ether oxygens (including phenoxy) is 1. The van der Waals surface area contributed by atoms with Crippen molar-refractivity contribution in [3.8, 4) is 5.75 Å². The number of benzene rings is 2. The van der Waals surface area contributed by atoms with Crippen LogP contribution in [0.4, 0.5) is 5.82 Å². The van der Waals surface area contributed by atoms with Crippen molar-refractivity contribution in [3.63, 3.8) is 0 Å². The van der Waals surface area contributed by atoms with Gasteiger partial charge >= 0.3 is 0 Å². The molecule has 3 aromatic rings. The minimum absolute atomic E-state index is 0.0451. The molecule has 1 aliphatic carbocycles. The lowest BCUT2D eigenvalue weighted by Gasteiger charge is -2.34. The van der Waals surface area contributed by atoms with Gasteiger partial charge in [-0.2, -0.15) is 0 Å². The lowest BCUT2D eigenvalue weighted by atomic mass is 9.80. The van der Waals surface area contributed by atoms with Crippen LogP contribution in [0.5, 0.6) is 5.75 Å². The lowest BCUT2D eigenvalue weighted by Crippen LogP contribution is -2.49. The summed E-state index contributed by atoms with van der Waals surface area (Å²) in [5.74, 6) is 4.34. The van der Waals surface area contributed by atoms with Crippen LogP contribution in [0.25, 0.3) is 10.9 Å². The number of nitrogens with one attached hydrogen (secondary N) is 1. The van der Waals surface area contributed by atoms with E-state index < -0.39 is 0 Å². The van der Waals surface area contributed by atoms with Crippen LogP contribution >= 0.6 is 11.8 Å². The normalized spacial score (nSPS) is 23.7. The number of anilines is 1. The summed E-state index contributed by atoms with van der Waals surface area (Å²) in [4.78, 5) is 26.9. The molecule has 2 heterocycles. The molecular formula is C34H47N5O2S. The standard InChI is InChI=1S/C34H47N5O2S/c1-23(40)39-30(34(2,3)42-33(39)27-12-8-10-14-29(27)41-6)22-35-21-25-17-15-24(16-18-25)19-20-31-36-28-13-9-7-11-26(28)32(37-31)38(4)5/h7-14,24-25,30,33,35H,15-22H2,1-6H3/t24?,25?,30-,33-/m0/s1. The molecule has 1 saturated carbocycles. The number of rotatable bonds is 10. The Kier molecular flexibility index (Phi) is 9.63. The van der Waals surface area contributed by atoms with Crippen molar-refractivity contribution >= 4 is 34.4 Å². The maximum Gasteiger partial charge on any atom is 0.220 e.